The van der Waals surface area contributed by atoms with E-state index in [4.69, 9.17) is 5.73 Å². The van der Waals surface area contributed by atoms with Gasteiger partial charge in [0.2, 0.25) is 11.8 Å². The lowest BCUT2D eigenvalue weighted by Gasteiger charge is -2.19. The van der Waals surface area contributed by atoms with Crippen LogP contribution in [0.15, 0.2) is 0 Å². The van der Waals surface area contributed by atoms with Gasteiger partial charge in [0.1, 0.15) is 5.92 Å². The third kappa shape index (κ3) is 1.68. The lowest BCUT2D eigenvalue weighted by atomic mass is 10.1. The molecular weight excluding hydrogens is 186 g/mol. The fourth-order valence-electron chi connectivity index (χ4n) is 1.38. The van der Waals surface area contributed by atoms with Crippen molar-refractivity contribution in [3.63, 3.8) is 0 Å². The average molecular weight is 199 g/mol. The van der Waals surface area contributed by atoms with E-state index < -0.39 is 23.8 Å². The minimum atomic E-state index is -0.834. The van der Waals surface area contributed by atoms with Crippen LogP contribution in [-0.2, 0) is 9.59 Å². The highest BCUT2D eigenvalue weighted by Gasteiger charge is 2.39. The van der Waals surface area contributed by atoms with Crippen molar-refractivity contribution >= 4 is 17.8 Å². The lowest BCUT2D eigenvalue weighted by Crippen LogP contribution is -2.42. The Labute approximate surface area is 81.6 Å². The van der Waals surface area contributed by atoms with E-state index in [0.717, 1.165) is 4.90 Å². The zero-order chi connectivity index (χ0) is 10.9. The van der Waals surface area contributed by atoms with Crippen molar-refractivity contribution in [3.8, 4) is 0 Å². The fourth-order valence-corrected chi connectivity index (χ4v) is 1.38. The lowest BCUT2D eigenvalue weighted by molar-refractivity contribution is -0.134. The summed E-state index contributed by atoms with van der Waals surface area (Å²) < 4.78 is 0. The molecule has 1 fully saturated rings. The Morgan fingerprint density at radius 2 is 2.07 bits per heavy atom. The molecule has 6 nitrogen and oxygen atoms in total. The molecule has 0 bridgehead atoms. The van der Waals surface area contributed by atoms with Gasteiger partial charge < -0.3 is 10.6 Å². The van der Waals surface area contributed by atoms with Crippen molar-refractivity contribution in [2.75, 3.05) is 20.6 Å². The van der Waals surface area contributed by atoms with Gasteiger partial charge in [0.25, 0.3) is 0 Å². The maximum absolute atomic E-state index is 11.5. The van der Waals surface area contributed by atoms with Crippen LogP contribution in [0.4, 0.5) is 4.79 Å². The van der Waals surface area contributed by atoms with Crippen molar-refractivity contribution in [2.24, 2.45) is 11.7 Å². The molecule has 78 valence electrons. The van der Waals surface area contributed by atoms with E-state index in [1.807, 2.05) is 0 Å². The monoisotopic (exact) mass is 199 g/mol. The number of urea groups is 1. The second-order valence-electron chi connectivity index (χ2n) is 3.41. The van der Waals surface area contributed by atoms with Gasteiger partial charge in [-0.2, -0.15) is 0 Å². The normalized spacial score (nSPS) is 21.1. The Morgan fingerprint density at radius 1 is 1.50 bits per heavy atom. The molecule has 0 spiro atoms. The van der Waals surface area contributed by atoms with E-state index in [2.05, 4.69) is 0 Å². The van der Waals surface area contributed by atoms with E-state index in [1.54, 1.807) is 14.1 Å². The molecule has 0 aliphatic carbocycles. The number of amides is 4. The molecule has 0 saturated carbocycles. The topological polar surface area (TPSA) is 83.7 Å². The van der Waals surface area contributed by atoms with E-state index in [0.29, 0.717) is 6.42 Å². The van der Waals surface area contributed by atoms with Crippen molar-refractivity contribution in [1.29, 1.82) is 0 Å². The molecule has 14 heavy (non-hydrogen) atoms. The van der Waals surface area contributed by atoms with Gasteiger partial charge in [-0.05, 0) is 6.42 Å². The molecule has 1 atom stereocenters. The number of primary amides is 1. The highest BCUT2D eigenvalue weighted by atomic mass is 16.2. The molecule has 1 saturated heterocycles. The first-order valence-electron chi connectivity index (χ1n) is 4.27. The summed E-state index contributed by atoms with van der Waals surface area (Å²) in [5.41, 5.74) is 5.02. The quantitative estimate of drug-likeness (QED) is 0.550. The van der Waals surface area contributed by atoms with Gasteiger partial charge in [-0.3, -0.25) is 14.5 Å². The summed E-state index contributed by atoms with van der Waals surface area (Å²) >= 11 is 0. The largest absolute Gasteiger partial charge is 0.369 e. The van der Waals surface area contributed by atoms with Gasteiger partial charge in [-0.15, -0.1) is 0 Å². The summed E-state index contributed by atoms with van der Waals surface area (Å²) in [5.74, 6) is -1.99. The van der Waals surface area contributed by atoms with Crippen LogP contribution >= 0.6 is 0 Å². The Morgan fingerprint density at radius 3 is 2.43 bits per heavy atom. The van der Waals surface area contributed by atoms with E-state index in [1.165, 1.54) is 4.90 Å². The number of rotatable bonds is 1. The third-order valence-corrected chi connectivity index (χ3v) is 2.16. The summed E-state index contributed by atoms with van der Waals surface area (Å²) in [4.78, 5) is 36.0. The second kappa shape index (κ2) is 3.65. The standard InChI is InChI=1S/C8H13N3O3/c1-10(2)8(14)11-4-3-5(6(9)12)7(11)13/h5H,3-4H2,1-2H3,(H2,9,12)/t5-/m0/s1. The molecule has 1 rings (SSSR count). The zero-order valence-electron chi connectivity index (χ0n) is 8.19. The second-order valence-corrected chi connectivity index (χ2v) is 3.41. The van der Waals surface area contributed by atoms with Gasteiger partial charge in [0.15, 0.2) is 0 Å². The predicted molar refractivity (Wildman–Crippen MR) is 48.1 cm³/mol. The van der Waals surface area contributed by atoms with E-state index in [-0.39, 0.29) is 6.54 Å². The minimum Gasteiger partial charge on any atom is -0.369 e. The van der Waals surface area contributed by atoms with Crippen LogP contribution in [0.2, 0.25) is 0 Å². The summed E-state index contributed by atoms with van der Waals surface area (Å²) in [6.45, 7) is 0.267. The zero-order valence-corrected chi connectivity index (χ0v) is 8.19. The van der Waals surface area contributed by atoms with Gasteiger partial charge >= 0.3 is 6.03 Å². The van der Waals surface area contributed by atoms with Crippen LogP contribution in [0.3, 0.4) is 0 Å². The van der Waals surface area contributed by atoms with E-state index in [9.17, 15) is 14.4 Å². The van der Waals surface area contributed by atoms with Crippen LogP contribution in [0.5, 0.6) is 0 Å². The Kier molecular flexibility index (Phi) is 2.73. The van der Waals surface area contributed by atoms with Crippen LogP contribution in [0, 0.1) is 5.92 Å². The summed E-state index contributed by atoms with van der Waals surface area (Å²) in [6, 6.07) is -0.404. The van der Waals surface area contributed by atoms with Gasteiger partial charge in [-0.1, -0.05) is 0 Å². The average Bonchev–Trinajstić information content (AvgIpc) is 2.45. The number of nitrogens with zero attached hydrogens (tertiary/aromatic N) is 2. The molecule has 1 heterocycles. The van der Waals surface area contributed by atoms with Crippen molar-refractivity contribution in [1.82, 2.24) is 9.80 Å². The number of likely N-dealkylation sites (tertiary alicyclic amines) is 1. The fraction of sp³-hybridized carbons (Fsp3) is 0.625. The highest BCUT2D eigenvalue weighted by Crippen LogP contribution is 2.18. The minimum absolute atomic E-state index is 0.267. The number of hydrogen-bond acceptors (Lipinski definition) is 3. The first-order valence-corrected chi connectivity index (χ1v) is 4.27. The smallest absolute Gasteiger partial charge is 0.326 e. The predicted octanol–water partition coefficient (Wildman–Crippen LogP) is -0.998. The molecule has 1 aliphatic rings. The molecule has 4 amide bonds. The van der Waals surface area contributed by atoms with Gasteiger partial charge in [0.05, 0.1) is 0 Å². The number of hydrogen-bond donors (Lipinski definition) is 1. The van der Waals surface area contributed by atoms with Crippen molar-refractivity contribution < 1.29 is 14.4 Å². The van der Waals surface area contributed by atoms with Crippen molar-refractivity contribution in [2.45, 2.75) is 6.42 Å². The molecule has 0 radical (unpaired) electrons. The number of nitrogens with two attached hydrogens (primary N) is 1. The summed E-state index contributed by atoms with van der Waals surface area (Å²) in [6.07, 6.45) is 0.327. The molecule has 0 aromatic heterocycles. The Hall–Kier alpha value is -1.59. The first-order chi connectivity index (χ1) is 6.45. The van der Waals surface area contributed by atoms with Crippen LogP contribution in [-0.4, -0.2) is 48.3 Å². The van der Waals surface area contributed by atoms with Crippen LogP contribution < -0.4 is 5.73 Å². The molecule has 6 heteroatoms. The molecule has 1 aliphatic heterocycles. The first kappa shape index (κ1) is 10.5. The number of carbonyl (C=O) groups is 3. The number of carbonyl (C=O) groups excluding carboxylic acids is 3. The maximum atomic E-state index is 11.5. The van der Waals surface area contributed by atoms with Gasteiger partial charge in [-0.25, -0.2) is 4.79 Å². The summed E-state index contributed by atoms with van der Waals surface area (Å²) in [7, 11) is 3.10. The maximum Gasteiger partial charge on any atom is 0.326 e. The molecular formula is C8H13N3O3. The molecule has 0 aromatic carbocycles. The van der Waals surface area contributed by atoms with Crippen LogP contribution in [0.1, 0.15) is 6.42 Å². The van der Waals surface area contributed by atoms with Crippen LogP contribution in [0.25, 0.3) is 0 Å². The highest BCUT2D eigenvalue weighted by molar-refractivity contribution is 6.07. The third-order valence-electron chi connectivity index (χ3n) is 2.16. The van der Waals surface area contributed by atoms with Crippen molar-refractivity contribution in [3.05, 3.63) is 0 Å². The molecule has 0 aromatic rings. The molecule has 2 N–H and O–H groups in total. The Bertz CT molecular complexity index is 288. The SMILES string of the molecule is CN(C)C(=O)N1CC[C@@H](C(N)=O)C1=O. The van der Waals surface area contributed by atoms with E-state index >= 15 is 0 Å². The summed E-state index contributed by atoms with van der Waals surface area (Å²) in [5, 5.41) is 0. The van der Waals surface area contributed by atoms with Gasteiger partial charge in [0, 0.05) is 20.6 Å². The molecule has 0 unspecified atom stereocenters. The number of imide groups is 1. The Balaban J connectivity index is 2.74.